The van der Waals surface area contributed by atoms with Gasteiger partial charge in [-0.2, -0.15) is 5.10 Å². The lowest BCUT2D eigenvalue weighted by Gasteiger charge is -1.98. The van der Waals surface area contributed by atoms with Crippen molar-refractivity contribution in [2.24, 2.45) is 0 Å². The fourth-order valence-corrected chi connectivity index (χ4v) is 3.24. The molecule has 0 unspecified atom stereocenters. The lowest BCUT2D eigenvalue weighted by Crippen LogP contribution is -2.12. The number of hydrogen-bond acceptors (Lipinski definition) is 6. The summed E-state index contributed by atoms with van der Waals surface area (Å²) < 4.78 is 4.66. The van der Waals surface area contributed by atoms with Gasteiger partial charge in [0.2, 0.25) is 0 Å². The molecule has 1 aromatic carbocycles. The Labute approximate surface area is 151 Å². The molecule has 0 radical (unpaired) electrons. The van der Waals surface area contributed by atoms with Crippen LogP contribution in [0.4, 0.5) is 5.13 Å². The van der Waals surface area contributed by atoms with Crippen LogP contribution in [0.15, 0.2) is 41.9 Å². The predicted molar refractivity (Wildman–Crippen MR) is 97.3 cm³/mol. The molecule has 0 atom stereocenters. The van der Waals surface area contributed by atoms with Crippen LogP contribution in [0.5, 0.6) is 0 Å². The highest BCUT2D eigenvalue weighted by Crippen LogP contribution is 2.26. The third-order valence-corrected chi connectivity index (χ3v) is 4.55. The van der Waals surface area contributed by atoms with E-state index in [0.717, 1.165) is 16.5 Å². The summed E-state index contributed by atoms with van der Waals surface area (Å²) in [5.41, 5.74) is 2.81. The van der Waals surface area contributed by atoms with Crippen molar-refractivity contribution in [2.45, 2.75) is 0 Å². The Morgan fingerprint density at radius 1 is 1.27 bits per heavy atom. The van der Waals surface area contributed by atoms with Gasteiger partial charge in [-0.1, -0.05) is 18.2 Å². The van der Waals surface area contributed by atoms with Crippen LogP contribution < -0.4 is 5.32 Å². The number of nitrogens with zero attached hydrogens (tertiary/aromatic N) is 2. The number of carbonyl (C=O) groups excluding carboxylic acids is 2. The molecule has 3 N–H and O–H groups in total. The molecule has 9 heteroatoms. The number of fused-ring (bicyclic) bond motifs is 1. The molecular weight excluding hydrogens is 354 g/mol. The van der Waals surface area contributed by atoms with Gasteiger partial charge in [0.1, 0.15) is 5.69 Å². The topological polar surface area (TPSA) is 113 Å². The molecule has 0 bridgehead atoms. The van der Waals surface area contributed by atoms with Crippen molar-refractivity contribution in [3.63, 3.8) is 0 Å². The lowest BCUT2D eigenvalue weighted by atomic mass is 10.2. The largest absolute Gasteiger partial charge is 0.464 e. The molecule has 1 amide bonds. The molecule has 0 saturated heterocycles. The minimum atomic E-state index is -0.453. The van der Waals surface area contributed by atoms with Crippen molar-refractivity contribution in [2.75, 3.05) is 12.4 Å². The Hall–Kier alpha value is -3.46. The van der Waals surface area contributed by atoms with Crippen LogP contribution in [0.3, 0.4) is 0 Å². The zero-order chi connectivity index (χ0) is 18.1. The number of H-pyrrole nitrogens is 2. The SMILES string of the molecule is COC(=O)c1cc(-c2csc(NC(=O)c3n[nH]c4ccccc34)n2)c[nH]1. The predicted octanol–water partition coefficient (Wildman–Crippen LogP) is 3.05. The van der Waals surface area contributed by atoms with Gasteiger partial charge in [0, 0.05) is 22.5 Å². The van der Waals surface area contributed by atoms with Crippen LogP contribution in [0.1, 0.15) is 21.0 Å². The summed E-state index contributed by atoms with van der Waals surface area (Å²) in [4.78, 5) is 31.2. The van der Waals surface area contributed by atoms with Crippen molar-refractivity contribution < 1.29 is 14.3 Å². The van der Waals surface area contributed by atoms with E-state index in [9.17, 15) is 9.59 Å². The van der Waals surface area contributed by atoms with Gasteiger partial charge in [-0.25, -0.2) is 9.78 Å². The number of benzene rings is 1. The van der Waals surface area contributed by atoms with E-state index in [1.165, 1.54) is 18.4 Å². The number of hydrogen-bond donors (Lipinski definition) is 3. The number of aromatic nitrogens is 4. The number of anilines is 1. The molecule has 0 spiro atoms. The monoisotopic (exact) mass is 367 g/mol. The number of para-hydroxylation sites is 1. The molecule has 26 heavy (non-hydrogen) atoms. The molecule has 0 aliphatic rings. The quantitative estimate of drug-likeness (QED) is 0.480. The number of methoxy groups -OCH3 is 1. The summed E-state index contributed by atoms with van der Waals surface area (Å²) in [5.74, 6) is -0.793. The summed E-state index contributed by atoms with van der Waals surface area (Å²) in [6, 6.07) is 9.05. The highest BCUT2D eigenvalue weighted by atomic mass is 32.1. The maximum Gasteiger partial charge on any atom is 0.354 e. The van der Waals surface area contributed by atoms with Crippen molar-refractivity contribution in [1.29, 1.82) is 0 Å². The summed E-state index contributed by atoms with van der Waals surface area (Å²) in [6.45, 7) is 0. The zero-order valence-electron chi connectivity index (χ0n) is 13.6. The van der Waals surface area contributed by atoms with E-state index in [2.05, 4.69) is 30.2 Å². The summed E-state index contributed by atoms with van der Waals surface area (Å²) in [7, 11) is 1.32. The molecule has 0 aliphatic heterocycles. The molecule has 0 aliphatic carbocycles. The van der Waals surface area contributed by atoms with Gasteiger partial charge >= 0.3 is 5.97 Å². The van der Waals surface area contributed by atoms with E-state index < -0.39 is 5.97 Å². The Kier molecular flexibility index (Phi) is 3.98. The van der Waals surface area contributed by atoms with Gasteiger partial charge in [-0.05, 0) is 12.1 Å². The van der Waals surface area contributed by atoms with E-state index in [0.29, 0.717) is 22.2 Å². The van der Waals surface area contributed by atoms with Crippen LogP contribution in [0.25, 0.3) is 22.2 Å². The summed E-state index contributed by atoms with van der Waals surface area (Å²) >= 11 is 1.29. The highest BCUT2D eigenvalue weighted by Gasteiger charge is 2.16. The van der Waals surface area contributed by atoms with Crippen molar-refractivity contribution in [3.8, 4) is 11.3 Å². The van der Waals surface area contributed by atoms with Crippen molar-refractivity contribution in [1.82, 2.24) is 20.2 Å². The summed E-state index contributed by atoms with van der Waals surface area (Å²) in [6.07, 6.45) is 1.66. The zero-order valence-corrected chi connectivity index (χ0v) is 14.4. The smallest absolute Gasteiger partial charge is 0.354 e. The first-order valence-corrected chi connectivity index (χ1v) is 8.51. The molecule has 4 aromatic rings. The van der Waals surface area contributed by atoms with Crippen LogP contribution >= 0.6 is 11.3 Å². The second-order valence-electron chi connectivity index (χ2n) is 5.40. The van der Waals surface area contributed by atoms with Crippen LogP contribution in [0.2, 0.25) is 0 Å². The third kappa shape index (κ3) is 2.84. The molecule has 0 fully saturated rings. The standard InChI is InChI=1S/C17H13N5O3S/c1-25-16(24)12-6-9(7-18-12)13-8-26-17(19-13)20-15(23)14-10-4-2-3-5-11(10)21-22-14/h2-8,18H,1H3,(H,21,22)(H,19,20,23). The maximum atomic E-state index is 12.5. The van der Waals surface area contributed by atoms with E-state index in [1.807, 2.05) is 24.3 Å². The number of rotatable bonds is 4. The van der Waals surface area contributed by atoms with Gasteiger partial charge < -0.3 is 9.72 Å². The molecule has 130 valence electrons. The van der Waals surface area contributed by atoms with Gasteiger partial charge in [0.05, 0.1) is 18.3 Å². The van der Waals surface area contributed by atoms with E-state index in [1.54, 1.807) is 17.6 Å². The van der Waals surface area contributed by atoms with Crippen LogP contribution in [-0.2, 0) is 4.74 Å². The molecule has 8 nitrogen and oxygen atoms in total. The van der Waals surface area contributed by atoms with Crippen LogP contribution in [-0.4, -0.2) is 39.2 Å². The van der Waals surface area contributed by atoms with Gasteiger partial charge in [-0.15, -0.1) is 11.3 Å². The Bertz CT molecular complexity index is 1110. The van der Waals surface area contributed by atoms with E-state index in [4.69, 9.17) is 0 Å². The van der Waals surface area contributed by atoms with E-state index >= 15 is 0 Å². The first kappa shape index (κ1) is 16.0. The Morgan fingerprint density at radius 2 is 2.12 bits per heavy atom. The molecular formula is C17H13N5O3S. The molecule has 4 rings (SSSR count). The number of ether oxygens (including phenoxy) is 1. The number of amides is 1. The second kappa shape index (κ2) is 6.45. The van der Waals surface area contributed by atoms with Gasteiger partial charge in [0.25, 0.3) is 5.91 Å². The first-order valence-electron chi connectivity index (χ1n) is 7.63. The minimum Gasteiger partial charge on any atom is -0.464 e. The average Bonchev–Trinajstić information content (AvgIpc) is 3.39. The van der Waals surface area contributed by atoms with E-state index in [-0.39, 0.29) is 5.91 Å². The van der Waals surface area contributed by atoms with Crippen molar-refractivity contribution in [3.05, 3.63) is 53.3 Å². The number of thiazole rings is 1. The van der Waals surface area contributed by atoms with Crippen LogP contribution in [0, 0.1) is 0 Å². The first-order chi connectivity index (χ1) is 12.7. The summed E-state index contributed by atoms with van der Waals surface area (Å²) in [5, 5.41) is 12.6. The third-order valence-electron chi connectivity index (χ3n) is 3.79. The number of nitrogens with one attached hydrogen (secondary N) is 3. The minimum absolute atomic E-state index is 0.312. The highest BCUT2D eigenvalue weighted by molar-refractivity contribution is 7.14. The Balaban J connectivity index is 1.54. The fraction of sp³-hybridized carbons (Fsp3) is 0.0588. The lowest BCUT2D eigenvalue weighted by molar-refractivity contribution is 0.0594. The molecule has 0 saturated carbocycles. The van der Waals surface area contributed by atoms with Gasteiger partial charge in [-0.3, -0.25) is 15.2 Å². The maximum absolute atomic E-state index is 12.5. The number of carbonyl (C=O) groups is 2. The second-order valence-corrected chi connectivity index (χ2v) is 6.26. The molecule has 3 heterocycles. The Morgan fingerprint density at radius 3 is 2.96 bits per heavy atom. The fourth-order valence-electron chi connectivity index (χ4n) is 2.53. The number of esters is 1. The van der Waals surface area contributed by atoms with Crippen molar-refractivity contribution >= 4 is 39.2 Å². The van der Waals surface area contributed by atoms with Gasteiger partial charge in [0.15, 0.2) is 10.8 Å². The normalized spacial score (nSPS) is 10.8. The molecule has 3 aromatic heterocycles. The number of aromatic amines is 2. The average molecular weight is 367 g/mol.